The molecule has 1 aliphatic rings. The Labute approximate surface area is 159 Å². The minimum absolute atomic E-state index is 0.0491. The van der Waals surface area contributed by atoms with Crippen molar-refractivity contribution in [1.29, 1.82) is 0 Å². The van der Waals surface area contributed by atoms with Crippen LogP contribution in [0.4, 0.5) is 5.69 Å². The second kappa shape index (κ2) is 8.49. The third-order valence-corrected chi connectivity index (χ3v) is 4.65. The molecule has 1 aromatic rings. The van der Waals surface area contributed by atoms with Gasteiger partial charge in [0.1, 0.15) is 0 Å². The highest BCUT2D eigenvalue weighted by atomic mass is 79.9. The van der Waals surface area contributed by atoms with Crippen LogP contribution in [0.2, 0.25) is 5.02 Å². The Morgan fingerprint density at radius 2 is 2.00 bits per heavy atom. The molecule has 0 heterocycles. The topological polar surface area (TPSA) is 84.5 Å². The van der Waals surface area contributed by atoms with E-state index in [1.54, 1.807) is 6.07 Å². The van der Waals surface area contributed by atoms with Crippen molar-refractivity contribution in [3.8, 4) is 0 Å². The van der Waals surface area contributed by atoms with Gasteiger partial charge in [0.15, 0.2) is 0 Å². The lowest BCUT2D eigenvalue weighted by molar-refractivity contribution is -0.135. The van der Waals surface area contributed by atoms with Crippen molar-refractivity contribution in [1.82, 2.24) is 5.32 Å². The summed E-state index contributed by atoms with van der Waals surface area (Å²) in [4.78, 5) is 35.6. The summed E-state index contributed by atoms with van der Waals surface area (Å²) in [7, 11) is 1.21. The van der Waals surface area contributed by atoms with E-state index in [9.17, 15) is 14.4 Å². The number of benzene rings is 1. The van der Waals surface area contributed by atoms with E-state index in [0.29, 0.717) is 15.4 Å². The van der Waals surface area contributed by atoms with Gasteiger partial charge < -0.3 is 15.4 Å². The van der Waals surface area contributed by atoms with Crippen LogP contribution < -0.4 is 10.6 Å². The lowest BCUT2D eigenvalue weighted by Gasteiger charge is -2.16. The van der Waals surface area contributed by atoms with E-state index in [4.69, 9.17) is 11.6 Å². The van der Waals surface area contributed by atoms with Crippen molar-refractivity contribution in [3.05, 3.63) is 39.3 Å². The average molecular weight is 430 g/mol. The van der Waals surface area contributed by atoms with Gasteiger partial charge >= 0.3 is 5.97 Å². The quantitative estimate of drug-likeness (QED) is 0.537. The van der Waals surface area contributed by atoms with Gasteiger partial charge in [0.2, 0.25) is 5.91 Å². The van der Waals surface area contributed by atoms with E-state index >= 15 is 0 Å². The number of halogens is 2. The molecule has 0 saturated heterocycles. The van der Waals surface area contributed by atoms with Crippen LogP contribution in [-0.2, 0) is 14.3 Å². The second-order valence-electron chi connectivity index (χ2n) is 5.76. The normalized spacial score (nSPS) is 14.9. The highest BCUT2D eigenvalue weighted by Crippen LogP contribution is 2.34. The first kappa shape index (κ1) is 19.5. The molecule has 1 aromatic carbocycles. The molecule has 2 amide bonds. The van der Waals surface area contributed by atoms with Gasteiger partial charge in [-0.3, -0.25) is 9.59 Å². The number of rotatable bonds is 6. The monoisotopic (exact) mass is 428 g/mol. The Hall–Kier alpha value is -1.86. The van der Waals surface area contributed by atoms with Crippen molar-refractivity contribution in [2.75, 3.05) is 12.4 Å². The molecule has 8 heteroatoms. The summed E-state index contributed by atoms with van der Waals surface area (Å²) in [5.41, 5.74) is 0.524. The van der Waals surface area contributed by atoms with Crippen molar-refractivity contribution in [2.45, 2.75) is 25.8 Å². The summed E-state index contributed by atoms with van der Waals surface area (Å²) in [5.74, 6) is -1.05. The van der Waals surface area contributed by atoms with Crippen LogP contribution in [0, 0.1) is 5.92 Å². The number of esters is 1. The molecule has 0 radical (unpaired) electrons. The summed E-state index contributed by atoms with van der Waals surface area (Å²) in [6, 6.07) is 3.11. The second-order valence-corrected chi connectivity index (χ2v) is 7.05. The first-order valence-electron chi connectivity index (χ1n) is 7.68. The smallest absolute Gasteiger partial charge is 0.330 e. The zero-order valence-electron chi connectivity index (χ0n) is 13.8. The minimum Gasteiger partial charge on any atom is -0.466 e. The number of nitrogens with one attached hydrogen (secondary N) is 2. The third kappa shape index (κ3) is 5.57. The number of methoxy groups -OCH3 is 1. The summed E-state index contributed by atoms with van der Waals surface area (Å²) in [6.07, 6.45) is 4.22. The van der Waals surface area contributed by atoms with Crippen LogP contribution in [0.15, 0.2) is 28.8 Å². The number of carbonyl (C=O) groups excluding carboxylic acids is 3. The highest BCUT2D eigenvalue weighted by Gasteiger charge is 2.30. The standard InChI is InChI=1S/C17H18BrClN2O4/c1-9(10-3-4-10)20-17(24)12-7-11(19)8-13(18)16(12)21-14(22)5-6-15(23)25-2/h5-10H,3-4H2,1-2H3,(H,20,24)(H,21,22). The number of amides is 2. The molecule has 1 unspecified atom stereocenters. The van der Waals surface area contributed by atoms with E-state index < -0.39 is 11.9 Å². The lowest BCUT2D eigenvalue weighted by Crippen LogP contribution is -2.34. The number of carbonyl (C=O) groups is 3. The molecule has 2 rings (SSSR count). The zero-order valence-corrected chi connectivity index (χ0v) is 16.1. The molecule has 0 spiro atoms. The van der Waals surface area contributed by atoms with Gasteiger partial charge in [0.25, 0.3) is 5.91 Å². The van der Waals surface area contributed by atoms with E-state index in [0.717, 1.165) is 25.0 Å². The molecular formula is C17H18BrClN2O4. The van der Waals surface area contributed by atoms with Crippen LogP contribution in [0.5, 0.6) is 0 Å². The average Bonchev–Trinajstić information content (AvgIpc) is 3.39. The molecule has 1 saturated carbocycles. The fourth-order valence-electron chi connectivity index (χ4n) is 2.25. The van der Waals surface area contributed by atoms with Crippen LogP contribution in [0.3, 0.4) is 0 Å². The number of anilines is 1. The van der Waals surface area contributed by atoms with Gasteiger partial charge in [-0.2, -0.15) is 0 Å². The van der Waals surface area contributed by atoms with Crippen LogP contribution in [0.25, 0.3) is 0 Å². The zero-order chi connectivity index (χ0) is 18.6. The van der Waals surface area contributed by atoms with Gasteiger partial charge in [-0.25, -0.2) is 4.79 Å². The van der Waals surface area contributed by atoms with Gasteiger partial charge in [0, 0.05) is 27.7 Å². The largest absolute Gasteiger partial charge is 0.466 e. The van der Waals surface area contributed by atoms with E-state index in [1.165, 1.54) is 13.2 Å². The molecule has 0 bridgehead atoms. The Balaban J connectivity index is 2.21. The summed E-state index contributed by atoms with van der Waals surface area (Å²) in [6.45, 7) is 1.95. The number of hydrogen-bond donors (Lipinski definition) is 2. The molecular weight excluding hydrogens is 412 g/mol. The van der Waals surface area contributed by atoms with Gasteiger partial charge in [-0.15, -0.1) is 0 Å². The predicted molar refractivity (Wildman–Crippen MR) is 98.6 cm³/mol. The molecule has 134 valence electrons. The number of ether oxygens (including phenoxy) is 1. The molecule has 0 aromatic heterocycles. The summed E-state index contributed by atoms with van der Waals surface area (Å²) in [5, 5.41) is 5.87. The highest BCUT2D eigenvalue weighted by molar-refractivity contribution is 9.10. The Morgan fingerprint density at radius 3 is 2.60 bits per heavy atom. The van der Waals surface area contributed by atoms with E-state index in [1.807, 2.05) is 6.92 Å². The lowest BCUT2D eigenvalue weighted by atomic mass is 10.1. The minimum atomic E-state index is -0.651. The maximum absolute atomic E-state index is 12.6. The van der Waals surface area contributed by atoms with Crippen molar-refractivity contribution in [3.63, 3.8) is 0 Å². The summed E-state index contributed by atoms with van der Waals surface area (Å²) < 4.78 is 4.89. The maximum atomic E-state index is 12.6. The molecule has 25 heavy (non-hydrogen) atoms. The molecule has 1 fully saturated rings. The van der Waals surface area contributed by atoms with Crippen LogP contribution in [0.1, 0.15) is 30.1 Å². The first-order chi connectivity index (χ1) is 11.8. The van der Waals surface area contributed by atoms with Crippen LogP contribution >= 0.6 is 27.5 Å². The van der Waals surface area contributed by atoms with Crippen molar-refractivity contribution < 1.29 is 19.1 Å². The summed E-state index contributed by atoms with van der Waals surface area (Å²) >= 11 is 9.34. The molecule has 0 aliphatic heterocycles. The van der Waals surface area contributed by atoms with E-state index in [-0.39, 0.29) is 23.2 Å². The SMILES string of the molecule is COC(=O)C=CC(=O)Nc1c(Br)cc(Cl)cc1C(=O)NC(C)C1CC1. The molecule has 1 atom stereocenters. The Morgan fingerprint density at radius 1 is 1.32 bits per heavy atom. The first-order valence-corrected chi connectivity index (χ1v) is 8.85. The van der Waals surface area contributed by atoms with Crippen molar-refractivity contribution >= 4 is 51.0 Å². The fraction of sp³-hybridized carbons (Fsp3) is 0.353. The Bertz CT molecular complexity index is 732. The number of hydrogen-bond acceptors (Lipinski definition) is 4. The predicted octanol–water partition coefficient (Wildman–Crippen LogP) is 3.30. The van der Waals surface area contributed by atoms with Gasteiger partial charge in [-0.1, -0.05) is 11.6 Å². The maximum Gasteiger partial charge on any atom is 0.330 e. The molecule has 2 N–H and O–H groups in total. The Kier molecular flexibility index (Phi) is 6.61. The molecule has 1 aliphatic carbocycles. The van der Waals surface area contributed by atoms with Gasteiger partial charge in [-0.05, 0) is 53.7 Å². The van der Waals surface area contributed by atoms with E-state index in [2.05, 4.69) is 31.3 Å². The van der Waals surface area contributed by atoms with Gasteiger partial charge in [0.05, 0.1) is 18.4 Å². The fourth-order valence-corrected chi connectivity index (χ4v) is 3.16. The molecule has 6 nitrogen and oxygen atoms in total. The van der Waals surface area contributed by atoms with Crippen LogP contribution in [-0.4, -0.2) is 30.9 Å². The third-order valence-electron chi connectivity index (χ3n) is 3.81. The van der Waals surface area contributed by atoms with Crippen molar-refractivity contribution in [2.24, 2.45) is 5.92 Å².